The van der Waals surface area contributed by atoms with E-state index >= 15 is 0 Å². The summed E-state index contributed by atoms with van der Waals surface area (Å²) in [5, 5.41) is 0. The van der Waals surface area contributed by atoms with Gasteiger partial charge in [-0.3, -0.25) is 27.9 Å². The highest BCUT2D eigenvalue weighted by Gasteiger charge is 2.54. The first-order valence-electron chi connectivity index (χ1n) is 7.01. The molecule has 2 aliphatic rings. The minimum absolute atomic E-state index is 0.191. The number of ether oxygens (including phenoxy) is 1. The third kappa shape index (κ3) is 3.17. The highest BCUT2D eigenvalue weighted by molar-refractivity contribution is 7.48. The van der Waals surface area contributed by atoms with E-state index in [0.29, 0.717) is 0 Å². The van der Waals surface area contributed by atoms with Gasteiger partial charge in [-0.25, -0.2) is 13.8 Å². The summed E-state index contributed by atoms with van der Waals surface area (Å²) in [6.07, 6.45) is -4.44. The van der Waals surface area contributed by atoms with Crippen molar-refractivity contribution in [3.05, 3.63) is 33.1 Å². The van der Waals surface area contributed by atoms with Gasteiger partial charge >= 0.3 is 13.5 Å². The molecule has 1 aromatic rings. The van der Waals surface area contributed by atoms with Crippen LogP contribution in [0.1, 0.15) is 20.1 Å². The van der Waals surface area contributed by atoms with E-state index in [2.05, 4.69) is 0 Å². The van der Waals surface area contributed by atoms with Crippen molar-refractivity contribution in [2.24, 2.45) is 0 Å². The Balaban J connectivity index is 1.83. The van der Waals surface area contributed by atoms with Crippen LogP contribution in [0.3, 0.4) is 0 Å². The normalized spacial score (nSPS) is 37.0. The van der Waals surface area contributed by atoms with Gasteiger partial charge in [0.1, 0.15) is 12.2 Å². The van der Waals surface area contributed by atoms with Crippen molar-refractivity contribution in [3.8, 4) is 0 Å². The van der Waals surface area contributed by atoms with E-state index in [1.54, 1.807) is 13.8 Å². The highest BCUT2D eigenvalue weighted by atomic mass is 31.2. The second-order valence-electron chi connectivity index (χ2n) is 5.49. The molecule has 9 nitrogen and oxygen atoms in total. The van der Waals surface area contributed by atoms with Crippen LogP contribution in [0.15, 0.2) is 21.9 Å². The number of nitrogens with one attached hydrogen (secondary N) is 1. The SMILES string of the molecule is CC(C)OP1(=O)OCC2OC(n3ccc(=O)[nH]c3=O)C(F)C2O1. The van der Waals surface area contributed by atoms with Gasteiger partial charge in [0.25, 0.3) is 5.56 Å². The molecule has 0 bridgehead atoms. The van der Waals surface area contributed by atoms with Crippen LogP contribution < -0.4 is 11.2 Å². The zero-order valence-corrected chi connectivity index (χ0v) is 13.3. The number of fused-ring (bicyclic) bond motifs is 1. The number of halogens is 1. The molecule has 0 saturated carbocycles. The summed E-state index contributed by atoms with van der Waals surface area (Å²) in [7, 11) is -3.88. The maximum atomic E-state index is 14.6. The van der Waals surface area contributed by atoms with Crippen LogP contribution in [0.2, 0.25) is 0 Å². The lowest BCUT2D eigenvalue weighted by Crippen LogP contribution is -2.39. The number of alkyl halides is 1. The van der Waals surface area contributed by atoms with Gasteiger partial charge in [0.15, 0.2) is 12.4 Å². The van der Waals surface area contributed by atoms with Crippen molar-refractivity contribution in [1.29, 1.82) is 0 Å². The molecule has 3 heterocycles. The lowest BCUT2D eigenvalue weighted by atomic mass is 10.1. The quantitative estimate of drug-likeness (QED) is 0.800. The fourth-order valence-electron chi connectivity index (χ4n) is 2.46. The Morgan fingerprint density at radius 1 is 1.48 bits per heavy atom. The minimum Gasteiger partial charge on any atom is -0.346 e. The van der Waals surface area contributed by atoms with Gasteiger partial charge in [-0.05, 0) is 13.8 Å². The molecule has 2 fully saturated rings. The summed E-state index contributed by atoms with van der Waals surface area (Å²) >= 11 is 0. The molecule has 23 heavy (non-hydrogen) atoms. The number of H-pyrrole nitrogens is 1. The molecule has 1 N–H and O–H groups in total. The molecular formula is C12H16FN2O7P. The standard InChI is InChI=1S/C12H16FN2O7P/c1-6(2)21-23(18)19-5-7-10(22-23)9(13)11(20-7)15-4-3-8(16)14-12(15)17/h3-4,6-7,9-11H,5H2,1-2H3,(H,14,16,17). The van der Waals surface area contributed by atoms with E-state index in [4.69, 9.17) is 18.3 Å². The van der Waals surface area contributed by atoms with Gasteiger partial charge in [0.05, 0.1) is 12.7 Å². The monoisotopic (exact) mass is 350 g/mol. The van der Waals surface area contributed by atoms with Crippen molar-refractivity contribution < 1.29 is 27.3 Å². The van der Waals surface area contributed by atoms with E-state index in [-0.39, 0.29) is 6.61 Å². The van der Waals surface area contributed by atoms with Crippen LogP contribution in [-0.4, -0.2) is 40.6 Å². The number of phosphoric acid groups is 1. The first kappa shape index (κ1) is 16.5. The lowest BCUT2D eigenvalue weighted by Gasteiger charge is -2.31. The Kier molecular flexibility index (Phi) is 4.28. The van der Waals surface area contributed by atoms with Crippen molar-refractivity contribution in [2.45, 2.75) is 44.6 Å². The zero-order valence-electron chi connectivity index (χ0n) is 12.4. The Morgan fingerprint density at radius 2 is 2.22 bits per heavy atom. The van der Waals surface area contributed by atoms with Crippen LogP contribution in [0.4, 0.5) is 4.39 Å². The highest BCUT2D eigenvalue weighted by Crippen LogP contribution is 2.57. The lowest BCUT2D eigenvalue weighted by molar-refractivity contribution is -0.0749. The zero-order chi connectivity index (χ0) is 16.8. The summed E-state index contributed by atoms with van der Waals surface area (Å²) in [5.41, 5.74) is -1.42. The second kappa shape index (κ2) is 5.95. The van der Waals surface area contributed by atoms with E-state index in [1.807, 2.05) is 4.98 Å². The molecule has 128 valence electrons. The molecule has 5 atom stereocenters. The predicted octanol–water partition coefficient (Wildman–Crippen LogP) is 0.721. The largest absolute Gasteiger partial charge is 0.475 e. The number of nitrogens with zero attached hydrogens (tertiary/aromatic N) is 1. The van der Waals surface area contributed by atoms with Gasteiger partial charge in [-0.2, -0.15) is 0 Å². The van der Waals surface area contributed by atoms with E-state index in [9.17, 15) is 18.5 Å². The summed E-state index contributed by atoms with van der Waals surface area (Å²) in [6.45, 7) is 3.09. The van der Waals surface area contributed by atoms with Crippen molar-refractivity contribution in [2.75, 3.05) is 6.61 Å². The molecule has 1 aromatic heterocycles. The number of rotatable bonds is 3. The first-order chi connectivity index (χ1) is 10.8. The van der Waals surface area contributed by atoms with Gasteiger partial charge in [-0.1, -0.05) is 0 Å². The number of phosphoric ester groups is 1. The average Bonchev–Trinajstić information content (AvgIpc) is 2.75. The topological polar surface area (TPSA) is 109 Å². The third-order valence-electron chi connectivity index (χ3n) is 3.38. The summed E-state index contributed by atoms with van der Waals surface area (Å²) in [4.78, 5) is 24.8. The predicted molar refractivity (Wildman–Crippen MR) is 74.8 cm³/mol. The van der Waals surface area contributed by atoms with Gasteiger partial charge in [0, 0.05) is 12.3 Å². The van der Waals surface area contributed by atoms with Gasteiger partial charge in [-0.15, -0.1) is 0 Å². The molecule has 3 rings (SSSR count). The summed E-state index contributed by atoms with van der Waals surface area (Å²) in [5.74, 6) is 0. The van der Waals surface area contributed by atoms with Crippen LogP contribution in [0.25, 0.3) is 0 Å². The van der Waals surface area contributed by atoms with E-state index < -0.39 is 49.8 Å². The third-order valence-corrected chi connectivity index (χ3v) is 5.03. The first-order valence-corrected chi connectivity index (χ1v) is 8.47. The van der Waals surface area contributed by atoms with Gasteiger partial charge in [0.2, 0.25) is 0 Å². The van der Waals surface area contributed by atoms with Crippen LogP contribution in [0, 0.1) is 0 Å². The van der Waals surface area contributed by atoms with Crippen molar-refractivity contribution >= 4 is 7.82 Å². The Morgan fingerprint density at radius 3 is 2.87 bits per heavy atom. The van der Waals surface area contributed by atoms with Gasteiger partial charge < -0.3 is 4.74 Å². The number of hydrogen-bond donors (Lipinski definition) is 1. The molecule has 0 aliphatic carbocycles. The van der Waals surface area contributed by atoms with E-state index in [1.165, 1.54) is 0 Å². The molecule has 2 saturated heterocycles. The Hall–Kier alpha value is -1.32. The summed E-state index contributed by atoms with van der Waals surface area (Å²) < 4.78 is 48.5. The molecule has 0 amide bonds. The fourth-order valence-corrected chi connectivity index (χ4v) is 4.03. The number of hydrogen-bond acceptors (Lipinski definition) is 7. The fraction of sp³-hybridized carbons (Fsp3) is 0.667. The van der Waals surface area contributed by atoms with Crippen LogP contribution >= 0.6 is 7.82 Å². The van der Waals surface area contributed by atoms with Crippen LogP contribution in [0.5, 0.6) is 0 Å². The number of aromatic nitrogens is 2. The summed E-state index contributed by atoms with van der Waals surface area (Å²) in [6, 6.07) is 1.07. The molecule has 2 aliphatic heterocycles. The molecule has 5 unspecified atom stereocenters. The van der Waals surface area contributed by atoms with E-state index in [0.717, 1.165) is 16.8 Å². The molecule has 0 spiro atoms. The second-order valence-corrected chi connectivity index (χ2v) is 7.07. The van der Waals surface area contributed by atoms with Crippen LogP contribution in [-0.2, 0) is 22.9 Å². The maximum absolute atomic E-state index is 14.6. The van der Waals surface area contributed by atoms with Crippen molar-refractivity contribution in [1.82, 2.24) is 9.55 Å². The average molecular weight is 350 g/mol. The smallest absolute Gasteiger partial charge is 0.346 e. The number of aromatic amines is 1. The Labute approximate surface area is 129 Å². The maximum Gasteiger partial charge on any atom is 0.475 e. The molecule has 0 aromatic carbocycles. The Bertz CT molecular complexity index is 747. The molecule has 0 radical (unpaired) electrons. The minimum atomic E-state index is -3.88. The molecule has 11 heteroatoms. The molecular weight excluding hydrogens is 334 g/mol. The van der Waals surface area contributed by atoms with Crippen molar-refractivity contribution in [3.63, 3.8) is 0 Å².